The lowest BCUT2D eigenvalue weighted by Gasteiger charge is -2.22. The van der Waals surface area contributed by atoms with Crippen LogP contribution in [0.15, 0.2) is 47.5 Å². The molecule has 202 valence electrons. The molecule has 1 saturated heterocycles. The number of benzene rings is 1. The Morgan fingerprint density at radius 3 is 2.54 bits per heavy atom. The number of aryl methyl sites for hydroxylation is 1. The van der Waals surface area contributed by atoms with Gasteiger partial charge in [0.05, 0.1) is 24.9 Å². The predicted molar refractivity (Wildman–Crippen MR) is 139 cm³/mol. The molecule has 1 fully saturated rings. The molecule has 13 heteroatoms. The van der Waals surface area contributed by atoms with Gasteiger partial charge in [0.1, 0.15) is 28.7 Å². The first-order valence-electron chi connectivity index (χ1n) is 11.9. The van der Waals surface area contributed by atoms with Crippen LogP contribution in [0.1, 0.15) is 28.4 Å². The van der Waals surface area contributed by atoms with Gasteiger partial charge in [-0.3, -0.25) is 23.8 Å². The lowest BCUT2D eigenvalue weighted by Crippen LogP contribution is -2.34. The zero-order valence-electron chi connectivity index (χ0n) is 21.3. The second kappa shape index (κ2) is 10.4. The fraction of sp³-hybridized carbons (Fsp3) is 0.269. The lowest BCUT2D eigenvalue weighted by atomic mass is 10.0. The van der Waals surface area contributed by atoms with E-state index in [0.29, 0.717) is 6.42 Å². The summed E-state index contributed by atoms with van der Waals surface area (Å²) < 4.78 is 28.2. The van der Waals surface area contributed by atoms with Crippen LogP contribution in [0, 0.1) is 5.82 Å². The van der Waals surface area contributed by atoms with Crippen molar-refractivity contribution in [3.8, 4) is 34.6 Å². The minimum atomic E-state index is -0.942. The average molecular weight is 555 g/mol. The minimum Gasteiger partial charge on any atom is -0.494 e. The normalized spacial score (nSPS) is 15.0. The van der Waals surface area contributed by atoms with Crippen LogP contribution >= 0.6 is 11.6 Å². The highest BCUT2D eigenvalue weighted by molar-refractivity contribution is 6.30. The van der Waals surface area contributed by atoms with Crippen LogP contribution in [0.5, 0.6) is 17.4 Å². The molecule has 1 unspecified atom stereocenters. The van der Waals surface area contributed by atoms with E-state index < -0.39 is 34.6 Å². The third-order valence-electron chi connectivity index (χ3n) is 6.55. The summed E-state index contributed by atoms with van der Waals surface area (Å²) in [6, 6.07) is 7.74. The number of carbonyl (C=O) groups is 1. The zero-order chi connectivity index (χ0) is 27.8. The number of ether oxygens (including phenoxy) is 2. The van der Waals surface area contributed by atoms with Crippen molar-refractivity contribution in [2.45, 2.75) is 12.3 Å². The van der Waals surface area contributed by atoms with E-state index in [1.165, 1.54) is 40.6 Å². The molecule has 3 aromatic heterocycles. The van der Waals surface area contributed by atoms with Crippen molar-refractivity contribution >= 4 is 17.5 Å². The Morgan fingerprint density at radius 1 is 1.21 bits per heavy atom. The first-order valence-corrected chi connectivity index (χ1v) is 12.3. The fourth-order valence-electron chi connectivity index (χ4n) is 4.72. The summed E-state index contributed by atoms with van der Waals surface area (Å²) in [5.41, 5.74) is -0.828. The molecule has 1 aromatic carbocycles. The van der Waals surface area contributed by atoms with Crippen LogP contribution in [0.2, 0.25) is 5.02 Å². The maximum absolute atomic E-state index is 14.5. The van der Waals surface area contributed by atoms with Gasteiger partial charge >= 0.3 is 0 Å². The van der Waals surface area contributed by atoms with Crippen molar-refractivity contribution in [1.82, 2.24) is 29.2 Å². The smallest absolute Gasteiger partial charge is 0.290 e. The van der Waals surface area contributed by atoms with Crippen molar-refractivity contribution in [3.05, 3.63) is 75.2 Å². The van der Waals surface area contributed by atoms with E-state index >= 15 is 0 Å². The minimum absolute atomic E-state index is 0.0239. The molecule has 1 amide bonds. The van der Waals surface area contributed by atoms with Crippen LogP contribution in [-0.2, 0) is 7.05 Å². The summed E-state index contributed by atoms with van der Waals surface area (Å²) in [5.74, 6) is -1.85. The van der Waals surface area contributed by atoms with Crippen LogP contribution in [-0.4, -0.2) is 67.5 Å². The lowest BCUT2D eigenvalue weighted by molar-refractivity contribution is 0.0784. The Kier molecular flexibility index (Phi) is 6.96. The summed E-state index contributed by atoms with van der Waals surface area (Å²) in [7, 11) is 4.56. The van der Waals surface area contributed by atoms with Crippen LogP contribution in [0.3, 0.4) is 0 Å². The molecule has 1 aliphatic rings. The molecule has 0 saturated carbocycles. The van der Waals surface area contributed by atoms with Gasteiger partial charge in [-0.1, -0.05) is 17.7 Å². The number of aromatic hydroxyl groups is 1. The average Bonchev–Trinajstić information content (AvgIpc) is 3.57. The fourth-order valence-corrected chi connectivity index (χ4v) is 4.86. The van der Waals surface area contributed by atoms with Crippen LogP contribution in [0.25, 0.3) is 17.2 Å². The summed E-state index contributed by atoms with van der Waals surface area (Å²) in [5, 5.41) is 16.0. The SMILES string of the molecule is COc1cccc(OC)c1-n1c(-c2ccn(C)n2)nc(=O)c(C(=O)N2CCC(c3ncc(Cl)cc3F)C2)c1O. The van der Waals surface area contributed by atoms with Gasteiger partial charge in [-0.25, -0.2) is 4.39 Å². The van der Waals surface area contributed by atoms with E-state index in [0.717, 1.165) is 0 Å². The monoisotopic (exact) mass is 554 g/mol. The third kappa shape index (κ3) is 4.67. The highest BCUT2D eigenvalue weighted by atomic mass is 35.5. The van der Waals surface area contributed by atoms with Gasteiger partial charge in [0.25, 0.3) is 11.5 Å². The molecule has 0 radical (unpaired) electrons. The second-order valence-electron chi connectivity index (χ2n) is 8.92. The summed E-state index contributed by atoms with van der Waals surface area (Å²) >= 11 is 5.82. The first kappa shape index (κ1) is 26.2. The van der Waals surface area contributed by atoms with Crippen LogP contribution < -0.4 is 15.0 Å². The molecular weight excluding hydrogens is 531 g/mol. The number of likely N-dealkylation sites (tertiary alicyclic amines) is 1. The van der Waals surface area contributed by atoms with Crippen molar-refractivity contribution in [2.24, 2.45) is 7.05 Å². The Balaban J connectivity index is 1.63. The largest absolute Gasteiger partial charge is 0.494 e. The molecular formula is C26H24ClFN6O5. The molecule has 0 spiro atoms. The van der Waals surface area contributed by atoms with Gasteiger partial charge in [-0.2, -0.15) is 10.1 Å². The number of para-hydroxylation sites is 1. The highest BCUT2D eigenvalue weighted by Gasteiger charge is 2.35. The molecule has 1 N–H and O–H groups in total. The Morgan fingerprint density at radius 2 is 1.92 bits per heavy atom. The molecule has 0 aliphatic carbocycles. The van der Waals surface area contributed by atoms with Gasteiger partial charge in [0, 0.05) is 38.4 Å². The zero-order valence-corrected chi connectivity index (χ0v) is 22.0. The van der Waals surface area contributed by atoms with Crippen molar-refractivity contribution in [1.29, 1.82) is 0 Å². The molecule has 4 aromatic rings. The van der Waals surface area contributed by atoms with Crippen LogP contribution in [0.4, 0.5) is 4.39 Å². The molecule has 1 aliphatic heterocycles. The quantitative estimate of drug-likeness (QED) is 0.385. The summed E-state index contributed by atoms with van der Waals surface area (Å²) in [6.07, 6.45) is 3.40. The van der Waals surface area contributed by atoms with E-state index in [2.05, 4.69) is 15.1 Å². The molecule has 4 heterocycles. The van der Waals surface area contributed by atoms with Gasteiger partial charge < -0.3 is 19.5 Å². The summed E-state index contributed by atoms with van der Waals surface area (Å²) in [4.78, 5) is 36.5. The molecule has 5 rings (SSSR count). The maximum atomic E-state index is 14.5. The van der Waals surface area contributed by atoms with Crippen molar-refractivity contribution in [3.63, 3.8) is 0 Å². The van der Waals surface area contributed by atoms with Gasteiger partial charge in [-0.05, 0) is 30.7 Å². The van der Waals surface area contributed by atoms with E-state index in [1.807, 2.05) is 0 Å². The van der Waals surface area contributed by atoms with Gasteiger partial charge in [-0.15, -0.1) is 0 Å². The van der Waals surface area contributed by atoms with E-state index in [1.54, 1.807) is 37.5 Å². The van der Waals surface area contributed by atoms with Gasteiger partial charge in [0.15, 0.2) is 11.4 Å². The number of nitrogens with zero attached hydrogens (tertiary/aromatic N) is 6. The number of amides is 1. The Hall–Kier alpha value is -4.45. The van der Waals surface area contributed by atoms with E-state index in [9.17, 15) is 19.1 Å². The molecule has 11 nitrogen and oxygen atoms in total. The summed E-state index contributed by atoms with van der Waals surface area (Å²) in [6.45, 7) is 0.301. The number of halogens is 2. The standard InChI is InChI=1S/C26H24ClFN6O5/c1-32-9-8-17(31-32)23-30-24(35)20(26(37)34(23)22-18(38-2)5-4-6-19(22)39-3)25(36)33-10-7-14(13-33)21-16(28)11-15(27)12-29-21/h4-6,8-9,11-12,14,37H,7,10,13H2,1-3H3. The Labute approximate surface area is 227 Å². The number of methoxy groups -OCH3 is 2. The van der Waals surface area contributed by atoms with Gasteiger partial charge in [0.2, 0.25) is 5.88 Å². The van der Waals surface area contributed by atoms with E-state index in [4.69, 9.17) is 21.1 Å². The van der Waals surface area contributed by atoms with E-state index in [-0.39, 0.29) is 52.5 Å². The molecule has 1 atom stereocenters. The Bertz CT molecular complexity index is 1620. The number of rotatable bonds is 6. The first-order chi connectivity index (χ1) is 18.7. The predicted octanol–water partition coefficient (Wildman–Crippen LogP) is 3.17. The van der Waals surface area contributed by atoms with Crippen molar-refractivity contribution in [2.75, 3.05) is 27.3 Å². The third-order valence-corrected chi connectivity index (χ3v) is 6.76. The van der Waals surface area contributed by atoms with Crippen molar-refractivity contribution < 1.29 is 23.8 Å². The highest BCUT2D eigenvalue weighted by Crippen LogP contribution is 2.39. The molecule has 0 bridgehead atoms. The maximum Gasteiger partial charge on any atom is 0.290 e. The molecule has 39 heavy (non-hydrogen) atoms. The number of aromatic nitrogens is 5. The number of pyridine rings is 1. The second-order valence-corrected chi connectivity index (χ2v) is 9.35. The number of hydrogen-bond acceptors (Lipinski definition) is 8. The topological polar surface area (TPSA) is 125 Å². The number of hydrogen-bond donors (Lipinski definition) is 1. The number of carbonyl (C=O) groups excluding carboxylic acids is 1.